The first-order chi connectivity index (χ1) is 11.6. The standard InChI is InChI=1S/C19H26N4O/c1-14(2)16-3-5-17(6-4-16)19(24)22-12-15-7-8-21-18(11-15)23-10-9-20-13-23/h7-11,13-14,16-17H,3-6,12H2,1-2H3,(H,22,24). The zero-order valence-electron chi connectivity index (χ0n) is 14.5. The molecule has 24 heavy (non-hydrogen) atoms. The summed E-state index contributed by atoms with van der Waals surface area (Å²) in [6, 6.07) is 3.92. The molecule has 0 bridgehead atoms. The first-order valence-corrected chi connectivity index (χ1v) is 8.84. The molecule has 1 aliphatic rings. The van der Waals surface area contributed by atoms with Gasteiger partial charge in [0.05, 0.1) is 0 Å². The molecule has 0 aliphatic heterocycles. The van der Waals surface area contributed by atoms with Crippen molar-refractivity contribution in [1.29, 1.82) is 0 Å². The molecule has 1 amide bonds. The zero-order chi connectivity index (χ0) is 16.9. The molecule has 1 fully saturated rings. The van der Waals surface area contributed by atoms with Crippen LogP contribution in [0.3, 0.4) is 0 Å². The highest BCUT2D eigenvalue weighted by atomic mass is 16.1. The summed E-state index contributed by atoms with van der Waals surface area (Å²) in [7, 11) is 0. The maximum absolute atomic E-state index is 12.4. The van der Waals surface area contributed by atoms with Gasteiger partial charge in [0.1, 0.15) is 12.1 Å². The molecule has 0 spiro atoms. The Labute approximate surface area is 143 Å². The van der Waals surface area contributed by atoms with E-state index in [4.69, 9.17) is 0 Å². The zero-order valence-corrected chi connectivity index (χ0v) is 14.5. The van der Waals surface area contributed by atoms with E-state index in [1.54, 1.807) is 18.7 Å². The predicted octanol–water partition coefficient (Wildman–Crippen LogP) is 3.35. The molecule has 5 nitrogen and oxygen atoms in total. The van der Waals surface area contributed by atoms with Crippen molar-refractivity contribution in [2.45, 2.75) is 46.1 Å². The molecule has 5 heteroatoms. The Morgan fingerprint density at radius 1 is 1.29 bits per heavy atom. The first-order valence-electron chi connectivity index (χ1n) is 8.84. The lowest BCUT2D eigenvalue weighted by molar-refractivity contribution is -0.126. The van der Waals surface area contributed by atoms with Crippen LogP contribution in [0.5, 0.6) is 0 Å². The molecule has 0 saturated heterocycles. The lowest BCUT2D eigenvalue weighted by Gasteiger charge is -2.30. The van der Waals surface area contributed by atoms with Crippen LogP contribution in [0.4, 0.5) is 0 Å². The van der Waals surface area contributed by atoms with Crippen LogP contribution in [0.25, 0.3) is 5.82 Å². The van der Waals surface area contributed by atoms with Crippen LogP contribution < -0.4 is 5.32 Å². The number of rotatable bonds is 5. The van der Waals surface area contributed by atoms with Gasteiger partial charge in [-0.25, -0.2) is 9.97 Å². The highest BCUT2D eigenvalue weighted by Crippen LogP contribution is 2.33. The van der Waals surface area contributed by atoms with E-state index in [0.29, 0.717) is 6.54 Å². The van der Waals surface area contributed by atoms with Gasteiger partial charge in [-0.15, -0.1) is 0 Å². The average molecular weight is 326 g/mol. The van der Waals surface area contributed by atoms with Crippen molar-refractivity contribution in [2.75, 3.05) is 0 Å². The summed E-state index contributed by atoms with van der Waals surface area (Å²) in [5.41, 5.74) is 1.05. The van der Waals surface area contributed by atoms with Gasteiger partial charge in [-0.3, -0.25) is 9.36 Å². The normalized spacial score (nSPS) is 21.0. The van der Waals surface area contributed by atoms with Crippen LogP contribution in [0.2, 0.25) is 0 Å². The molecule has 2 aromatic heterocycles. The van der Waals surface area contributed by atoms with E-state index >= 15 is 0 Å². The van der Waals surface area contributed by atoms with Gasteiger partial charge in [0.15, 0.2) is 0 Å². The van der Waals surface area contributed by atoms with E-state index in [1.165, 1.54) is 12.8 Å². The van der Waals surface area contributed by atoms with Gasteiger partial charge >= 0.3 is 0 Å². The van der Waals surface area contributed by atoms with E-state index < -0.39 is 0 Å². The van der Waals surface area contributed by atoms with Crippen molar-refractivity contribution < 1.29 is 4.79 Å². The van der Waals surface area contributed by atoms with E-state index in [2.05, 4.69) is 29.1 Å². The maximum atomic E-state index is 12.4. The Morgan fingerprint density at radius 2 is 2.08 bits per heavy atom. The number of carbonyl (C=O) groups is 1. The van der Waals surface area contributed by atoms with E-state index in [9.17, 15) is 4.79 Å². The third-order valence-corrected chi connectivity index (χ3v) is 5.13. The first kappa shape index (κ1) is 16.7. The largest absolute Gasteiger partial charge is 0.352 e. The van der Waals surface area contributed by atoms with Gasteiger partial charge in [0.25, 0.3) is 0 Å². The number of aromatic nitrogens is 3. The van der Waals surface area contributed by atoms with Crippen LogP contribution in [-0.2, 0) is 11.3 Å². The van der Waals surface area contributed by atoms with Gasteiger partial charge < -0.3 is 5.32 Å². The second-order valence-corrected chi connectivity index (χ2v) is 7.07. The molecule has 3 rings (SSSR count). The molecule has 2 aromatic rings. The Bertz CT molecular complexity index is 658. The average Bonchev–Trinajstić information content (AvgIpc) is 3.15. The van der Waals surface area contributed by atoms with Gasteiger partial charge in [-0.1, -0.05) is 13.8 Å². The molecule has 128 valence electrons. The Balaban J connectivity index is 1.53. The van der Waals surface area contributed by atoms with E-state index in [1.807, 2.05) is 22.9 Å². The minimum atomic E-state index is 0.176. The quantitative estimate of drug-likeness (QED) is 0.916. The van der Waals surface area contributed by atoms with E-state index in [0.717, 1.165) is 36.1 Å². The van der Waals surface area contributed by atoms with Crippen LogP contribution in [0.15, 0.2) is 37.1 Å². The maximum Gasteiger partial charge on any atom is 0.223 e. The third-order valence-electron chi connectivity index (χ3n) is 5.13. The number of hydrogen-bond donors (Lipinski definition) is 1. The molecule has 1 aliphatic carbocycles. The number of imidazole rings is 1. The molecular formula is C19H26N4O. The fourth-order valence-electron chi connectivity index (χ4n) is 3.49. The monoisotopic (exact) mass is 326 g/mol. The summed E-state index contributed by atoms with van der Waals surface area (Å²) >= 11 is 0. The van der Waals surface area contributed by atoms with Crippen molar-refractivity contribution >= 4 is 5.91 Å². The predicted molar refractivity (Wildman–Crippen MR) is 93.5 cm³/mol. The number of nitrogens with one attached hydrogen (secondary N) is 1. The Kier molecular flexibility index (Phi) is 5.28. The molecule has 1 N–H and O–H groups in total. The van der Waals surface area contributed by atoms with E-state index in [-0.39, 0.29) is 11.8 Å². The SMILES string of the molecule is CC(C)C1CCC(C(=O)NCc2ccnc(-n3ccnc3)c2)CC1. The molecule has 0 unspecified atom stereocenters. The second-order valence-electron chi connectivity index (χ2n) is 7.07. The molecule has 0 atom stereocenters. The highest BCUT2D eigenvalue weighted by molar-refractivity contribution is 5.78. The molecule has 0 radical (unpaired) electrons. The summed E-state index contributed by atoms with van der Waals surface area (Å²) in [4.78, 5) is 20.8. The number of hydrogen-bond acceptors (Lipinski definition) is 3. The summed E-state index contributed by atoms with van der Waals surface area (Å²) in [6.45, 7) is 5.12. The molecule has 2 heterocycles. The van der Waals surface area contributed by atoms with Gasteiger partial charge in [-0.2, -0.15) is 0 Å². The number of amides is 1. The molecular weight excluding hydrogens is 300 g/mol. The number of carbonyl (C=O) groups excluding carboxylic acids is 1. The van der Waals surface area contributed by atoms with Crippen LogP contribution in [0, 0.1) is 17.8 Å². The number of pyridine rings is 1. The van der Waals surface area contributed by atoms with Crippen molar-refractivity contribution in [3.8, 4) is 5.82 Å². The summed E-state index contributed by atoms with van der Waals surface area (Å²) in [5.74, 6) is 2.70. The van der Waals surface area contributed by atoms with Gasteiger partial charge in [-0.05, 0) is 55.2 Å². The topological polar surface area (TPSA) is 59.8 Å². The lowest BCUT2D eigenvalue weighted by atomic mass is 9.77. The lowest BCUT2D eigenvalue weighted by Crippen LogP contribution is -2.33. The summed E-state index contributed by atoms with van der Waals surface area (Å²) in [5, 5.41) is 3.09. The Hall–Kier alpha value is -2.17. The van der Waals surface area contributed by atoms with Crippen LogP contribution in [0.1, 0.15) is 45.1 Å². The fourth-order valence-corrected chi connectivity index (χ4v) is 3.49. The Morgan fingerprint density at radius 3 is 2.75 bits per heavy atom. The summed E-state index contributed by atoms with van der Waals surface area (Å²) in [6.07, 6.45) is 11.5. The van der Waals surface area contributed by atoms with Crippen molar-refractivity contribution in [2.24, 2.45) is 17.8 Å². The molecule has 1 saturated carbocycles. The second kappa shape index (κ2) is 7.60. The minimum Gasteiger partial charge on any atom is -0.352 e. The number of nitrogens with zero attached hydrogens (tertiary/aromatic N) is 3. The minimum absolute atomic E-state index is 0.176. The highest BCUT2D eigenvalue weighted by Gasteiger charge is 2.27. The van der Waals surface area contributed by atoms with Crippen molar-refractivity contribution in [3.63, 3.8) is 0 Å². The van der Waals surface area contributed by atoms with Crippen molar-refractivity contribution in [1.82, 2.24) is 19.9 Å². The smallest absolute Gasteiger partial charge is 0.223 e. The summed E-state index contributed by atoms with van der Waals surface area (Å²) < 4.78 is 1.86. The van der Waals surface area contributed by atoms with Gasteiger partial charge in [0.2, 0.25) is 5.91 Å². The molecule has 0 aromatic carbocycles. The van der Waals surface area contributed by atoms with Gasteiger partial charge in [0, 0.05) is 31.1 Å². The van der Waals surface area contributed by atoms with Crippen LogP contribution in [-0.4, -0.2) is 20.4 Å². The fraction of sp³-hybridized carbons (Fsp3) is 0.526. The van der Waals surface area contributed by atoms with Crippen LogP contribution >= 0.6 is 0 Å². The van der Waals surface area contributed by atoms with Crippen molar-refractivity contribution in [3.05, 3.63) is 42.6 Å². The third kappa shape index (κ3) is 4.02.